The van der Waals surface area contributed by atoms with E-state index in [0.29, 0.717) is 6.42 Å². The van der Waals surface area contributed by atoms with Gasteiger partial charge in [0.05, 0.1) is 19.1 Å². The molecule has 0 amide bonds. The fourth-order valence-electron chi connectivity index (χ4n) is 5.52. The molecule has 2 rings (SSSR count). The van der Waals surface area contributed by atoms with Crippen molar-refractivity contribution in [3.8, 4) is 11.5 Å². The van der Waals surface area contributed by atoms with E-state index in [9.17, 15) is 4.79 Å². The average Bonchev–Trinajstić information content (AvgIpc) is 2.71. The average molecular weight is 459 g/mol. The normalized spacial score (nSPS) is 19.9. The van der Waals surface area contributed by atoms with Crippen molar-refractivity contribution >= 4 is 5.78 Å². The first kappa shape index (κ1) is 27.7. The maximum atomic E-state index is 13.1. The Balaban J connectivity index is 1.84. The standard InChI is InChI=1S/C30H50O3/c1-20(2)13-10-14-21(3)15-11-16-22(4)17-12-18-30(8)19-26(31)27-25(7)28(32-9)23(5)24(6)29(27)33-30/h20-22H,10-19H2,1-9H3/t21-,22+,30-/m1/s1. The molecule has 0 fully saturated rings. The summed E-state index contributed by atoms with van der Waals surface area (Å²) in [7, 11) is 1.67. The van der Waals surface area contributed by atoms with Gasteiger partial charge in [0.25, 0.3) is 0 Å². The third-order valence-corrected chi connectivity index (χ3v) is 7.83. The van der Waals surface area contributed by atoms with Crippen LogP contribution in [-0.4, -0.2) is 18.5 Å². The molecule has 0 aromatic heterocycles. The molecular weight excluding hydrogens is 408 g/mol. The molecule has 0 saturated heterocycles. The van der Waals surface area contributed by atoms with Gasteiger partial charge in [-0.1, -0.05) is 72.6 Å². The Bertz CT molecular complexity index is 794. The van der Waals surface area contributed by atoms with Gasteiger partial charge in [-0.25, -0.2) is 0 Å². The number of carbonyl (C=O) groups is 1. The summed E-state index contributed by atoms with van der Waals surface area (Å²) in [5.74, 6) is 4.20. The van der Waals surface area contributed by atoms with Crippen LogP contribution in [0.1, 0.15) is 126 Å². The van der Waals surface area contributed by atoms with Crippen molar-refractivity contribution in [1.29, 1.82) is 0 Å². The molecule has 0 unspecified atom stereocenters. The Labute approximate surface area is 204 Å². The van der Waals surface area contributed by atoms with Gasteiger partial charge in [-0.2, -0.15) is 0 Å². The number of benzene rings is 1. The van der Waals surface area contributed by atoms with E-state index in [1.165, 1.54) is 44.9 Å². The molecule has 1 aliphatic rings. The second kappa shape index (κ2) is 12.3. The summed E-state index contributed by atoms with van der Waals surface area (Å²) in [5, 5.41) is 0. The zero-order valence-electron chi connectivity index (χ0n) is 23.0. The van der Waals surface area contributed by atoms with E-state index in [-0.39, 0.29) is 5.78 Å². The predicted octanol–water partition coefficient (Wildman–Crippen LogP) is 8.78. The number of fused-ring (bicyclic) bond motifs is 1. The highest BCUT2D eigenvalue weighted by Gasteiger charge is 2.39. The highest BCUT2D eigenvalue weighted by atomic mass is 16.5. The molecule has 33 heavy (non-hydrogen) atoms. The summed E-state index contributed by atoms with van der Waals surface area (Å²) >= 11 is 0. The van der Waals surface area contributed by atoms with Crippen LogP contribution in [0.5, 0.6) is 11.5 Å². The van der Waals surface area contributed by atoms with E-state index in [1.54, 1.807) is 7.11 Å². The van der Waals surface area contributed by atoms with E-state index in [2.05, 4.69) is 34.6 Å². The minimum absolute atomic E-state index is 0.192. The SMILES string of the molecule is COc1c(C)c(C)c2c(c1C)C(=O)C[C@@](C)(CCC[C@@H](C)CCC[C@H](C)CCCC(C)C)O2. The number of rotatable bonds is 13. The van der Waals surface area contributed by atoms with E-state index < -0.39 is 5.60 Å². The third-order valence-electron chi connectivity index (χ3n) is 7.83. The van der Waals surface area contributed by atoms with E-state index in [4.69, 9.17) is 9.47 Å². The Kier molecular flexibility index (Phi) is 10.3. The molecule has 0 N–H and O–H groups in total. The van der Waals surface area contributed by atoms with Gasteiger partial charge in [-0.05, 0) is 69.4 Å². The van der Waals surface area contributed by atoms with Gasteiger partial charge in [0, 0.05) is 5.56 Å². The second-order valence-electron chi connectivity index (χ2n) is 11.6. The van der Waals surface area contributed by atoms with Crippen molar-refractivity contribution in [3.05, 3.63) is 22.3 Å². The number of methoxy groups -OCH3 is 1. The lowest BCUT2D eigenvalue weighted by molar-refractivity contribution is 0.0438. The third kappa shape index (κ3) is 7.49. The molecule has 0 spiro atoms. The summed E-state index contributed by atoms with van der Waals surface area (Å²) in [6, 6.07) is 0. The van der Waals surface area contributed by atoms with Crippen molar-refractivity contribution in [2.75, 3.05) is 7.11 Å². The molecule has 0 saturated carbocycles. The molecule has 188 valence electrons. The Morgan fingerprint density at radius 3 is 1.94 bits per heavy atom. The number of Topliss-reactive ketones (excluding diaryl/α,β-unsaturated/α-hetero) is 1. The first-order valence-corrected chi connectivity index (χ1v) is 13.4. The summed E-state index contributed by atoms with van der Waals surface area (Å²) in [6.07, 6.45) is 11.8. The smallest absolute Gasteiger partial charge is 0.170 e. The molecule has 3 nitrogen and oxygen atoms in total. The van der Waals surface area contributed by atoms with Gasteiger partial charge < -0.3 is 9.47 Å². The first-order valence-electron chi connectivity index (χ1n) is 13.4. The quantitative estimate of drug-likeness (QED) is 0.296. The van der Waals surface area contributed by atoms with Crippen LogP contribution in [0.4, 0.5) is 0 Å². The molecule has 1 aromatic rings. The lowest BCUT2D eigenvalue weighted by Crippen LogP contribution is -2.40. The van der Waals surface area contributed by atoms with Crippen LogP contribution in [0.3, 0.4) is 0 Å². The van der Waals surface area contributed by atoms with Crippen LogP contribution in [0.15, 0.2) is 0 Å². The lowest BCUT2D eigenvalue weighted by atomic mass is 9.83. The molecule has 1 heterocycles. The van der Waals surface area contributed by atoms with Crippen LogP contribution in [0, 0.1) is 38.5 Å². The Hall–Kier alpha value is -1.51. The van der Waals surface area contributed by atoms with Gasteiger partial charge in [-0.15, -0.1) is 0 Å². The fourth-order valence-corrected chi connectivity index (χ4v) is 5.52. The van der Waals surface area contributed by atoms with Gasteiger partial charge in [-0.3, -0.25) is 4.79 Å². The second-order valence-corrected chi connectivity index (χ2v) is 11.6. The highest BCUT2D eigenvalue weighted by Crippen LogP contribution is 2.44. The van der Waals surface area contributed by atoms with Crippen LogP contribution in [-0.2, 0) is 0 Å². The molecular formula is C30H50O3. The first-order chi connectivity index (χ1) is 15.5. The van der Waals surface area contributed by atoms with Crippen molar-refractivity contribution < 1.29 is 14.3 Å². The zero-order valence-corrected chi connectivity index (χ0v) is 23.0. The number of carbonyl (C=O) groups excluding carboxylic acids is 1. The number of ether oxygens (including phenoxy) is 2. The number of hydrogen-bond donors (Lipinski definition) is 0. The lowest BCUT2D eigenvalue weighted by Gasteiger charge is -2.37. The monoisotopic (exact) mass is 458 g/mol. The Morgan fingerprint density at radius 1 is 0.848 bits per heavy atom. The van der Waals surface area contributed by atoms with Crippen LogP contribution in [0.25, 0.3) is 0 Å². The van der Waals surface area contributed by atoms with Crippen molar-refractivity contribution in [2.45, 2.75) is 125 Å². The van der Waals surface area contributed by atoms with Crippen molar-refractivity contribution in [1.82, 2.24) is 0 Å². The number of ketones is 1. The maximum absolute atomic E-state index is 13.1. The summed E-state index contributed by atoms with van der Waals surface area (Å²) in [6.45, 7) is 17.6. The molecule has 0 bridgehead atoms. The zero-order chi connectivity index (χ0) is 24.8. The van der Waals surface area contributed by atoms with Gasteiger partial charge in [0.2, 0.25) is 0 Å². The molecule has 3 heteroatoms. The van der Waals surface area contributed by atoms with Crippen molar-refractivity contribution in [2.24, 2.45) is 17.8 Å². The highest BCUT2D eigenvalue weighted by molar-refractivity contribution is 6.03. The molecule has 3 atom stereocenters. The van der Waals surface area contributed by atoms with Crippen LogP contribution >= 0.6 is 0 Å². The minimum atomic E-state index is -0.410. The van der Waals surface area contributed by atoms with Crippen LogP contribution in [0.2, 0.25) is 0 Å². The van der Waals surface area contributed by atoms with E-state index >= 15 is 0 Å². The molecule has 0 aliphatic carbocycles. The van der Waals surface area contributed by atoms with E-state index in [0.717, 1.165) is 64.3 Å². The van der Waals surface area contributed by atoms with Crippen LogP contribution < -0.4 is 9.47 Å². The van der Waals surface area contributed by atoms with E-state index in [1.807, 2.05) is 20.8 Å². The molecule has 1 aromatic carbocycles. The maximum Gasteiger partial charge on any atom is 0.170 e. The van der Waals surface area contributed by atoms with Gasteiger partial charge in [0.1, 0.15) is 17.1 Å². The topological polar surface area (TPSA) is 35.5 Å². The summed E-state index contributed by atoms with van der Waals surface area (Å²) in [5.41, 5.74) is 3.32. The molecule has 1 aliphatic heterocycles. The van der Waals surface area contributed by atoms with Gasteiger partial charge >= 0.3 is 0 Å². The number of hydrogen-bond acceptors (Lipinski definition) is 3. The largest absolute Gasteiger partial charge is 0.496 e. The van der Waals surface area contributed by atoms with Crippen molar-refractivity contribution in [3.63, 3.8) is 0 Å². The summed E-state index contributed by atoms with van der Waals surface area (Å²) < 4.78 is 12.1. The Morgan fingerprint density at radius 2 is 1.39 bits per heavy atom. The fraction of sp³-hybridized carbons (Fsp3) is 0.767. The summed E-state index contributed by atoms with van der Waals surface area (Å²) in [4.78, 5) is 13.1. The molecule has 0 radical (unpaired) electrons. The predicted molar refractivity (Wildman–Crippen MR) is 140 cm³/mol. The van der Waals surface area contributed by atoms with Gasteiger partial charge in [0.15, 0.2) is 5.78 Å². The minimum Gasteiger partial charge on any atom is -0.496 e.